The summed E-state index contributed by atoms with van der Waals surface area (Å²) >= 11 is 0. The molecule has 0 bridgehead atoms. The van der Waals surface area contributed by atoms with Crippen LogP contribution < -0.4 is 0 Å². The third-order valence-electron chi connectivity index (χ3n) is 2.39. The van der Waals surface area contributed by atoms with E-state index in [1.807, 2.05) is 12.1 Å². The van der Waals surface area contributed by atoms with Gasteiger partial charge in [0.2, 0.25) is 0 Å². The highest BCUT2D eigenvalue weighted by Crippen LogP contribution is 2.32. The second-order valence-corrected chi connectivity index (χ2v) is 3.22. The summed E-state index contributed by atoms with van der Waals surface area (Å²) in [6.07, 6.45) is 3.51. The molecule has 0 N–H and O–H groups in total. The van der Waals surface area contributed by atoms with E-state index in [0.717, 1.165) is 11.1 Å². The van der Waals surface area contributed by atoms with Crippen LogP contribution in [0, 0.1) is 34.0 Å². The number of benzene rings is 1. The van der Waals surface area contributed by atoms with E-state index in [4.69, 9.17) is 15.8 Å². The van der Waals surface area contributed by atoms with Crippen molar-refractivity contribution in [3.05, 3.63) is 40.5 Å². The van der Waals surface area contributed by atoms with E-state index in [1.54, 1.807) is 24.3 Å². The normalized spacial score (nSPS) is 16.2. The molecule has 0 amide bonds. The molecule has 1 aromatic carbocycles. The van der Waals surface area contributed by atoms with Gasteiger partial charge in [0.15, 0.2) is 0 Å². The Morgan fingerprint density at radius 1 is 1.07 bits per heavy atom. The van der Waals surface area contributed by atoms with Crippen molar-refractivity contribution in [3.63, 3.8) is 0 Å². The highest BCUT2D eigenvalue weighted by Gasteiger charge is 2.20. The lowest BCUT2D eigenvalue weighted by Crippen LogP contribution is -1.94. The molecule has 68 valence electrons. The SMILES string of the molecule is N#Cc1cc(C#N)c2c(c1)C(C#N)C=C2. The minimum atomic E-state index is -0.333. The average molecular weight is 191 g/mol. The molecule has 1 aromatic rings. The van der Waals surface area contributed by atoms with Crippen LogP contribution in [0.15, 0.2) is 18.2 Å². The average Bonchev–Trinajstić information content (AvgIpc) is 2.70. The Hall–Kier alpha value is -2.57. The van der Waals surface area contributed by atoms with Gasteiger partial charge in [-0.25, -0.2) is 0 Å². The molecule has 0 spiro atoms. The Morgan fingerprint density at radius 3 is 2.47 bits per heavy atom. The minimum absolute atomic E-state index is 0.333. The van der Waals surface area contributed by atoms with Crippen LogP contribution in [-0.2, 0) is 0 Å². The molecule has 3 heteroatoms. The lowest BCUT2D eigenvalue weighted by molar-refractivity contribution is 1.12. The molecule has 0 saturated heterocycles. The highest BCUT2D eigenvalue weighted by molar-refractivity contribution is 5.71. The number of fused-ring (bicyclic) bond motifs is 1. The standard InChI is InChI=1S/C12H5N3/c13-5-8-3-10(7-15)11-2-1-9(6-14)12(11)4-8/h1-4,9H. The second kappa shape index (κ2) is 3.29. The summed E-state index contributed by atoms with van der Waals surface area (Å²) in [5.41, 5.74) is 2.41. The predicted octanol–water partition coefficient (Wildman–Crippen LogP) is 2.06. The monoisotopic (exact) mass is 191 g/mol. The van der Waals surface area contributed by atoms with Gasteiger partial charge in [0.1, 0.15) is 0 Å². The Morgan fingerprint density at radius 2 is 1.87 bits per heavy atom. The molecular formula is C12H5N3. The molecule has 3 nitrogen and oxygen atoms in total. The zero-order valence-electron chi connectivity index (χ0n) is 7.73. The quantitative estimate of drug-likeness (QED) is 0.630. The van der Waals surface area contributed by atoms with Crippen molar-refractivity contribution in [1.29, 1.82) is 15.8 Å². The van der Waals surface area contributed by atoms with Crippen molar-refractivity contribution < 1.29 is 0 Å². The van der Waals surface area contributed by atoms with Crippen LogP contribution in [0.1, 0.15) is 28.2 Å². The number of allylic oxidation sites excluding steroid dienone is 1. The molecule has 1 aliphatic rings. The number of rotatable bonds is 0. The molecule has 0 radical (unpaired) electrons. The van der Waals surface area contributed by atoms with E-state index in [1.165, 1.54) is 0 Å². The van der Waals surface area contributed by atoms with Crippen LogP contribution in [0.2, 0.25) is 0 Å². The summed E-state index contributed by atoms with van der Waals surface area (Å²) in [5.74, 6) is -0.333. The third kappa shape index (κ3) is 1.26. The largest absolute Gasteiger partial charge is 0.197 e. The highest BCUT2D eigenvalue weighted by atomic mass is 14.3. The maximum atomic E-state index is 8.90. The van der Waals surface area contributed by atoms with Crippen LogP contribution >= 0.6 is 0 Å². The van der Waals surface area contributed by atoms with Gasteiger partial charge in [-0.15, -0.1) is 0 Å². The smallest absolute Gasteiger partial charge is 0.0998 e. The first-order chi connectivity index (χ1) is 7.30. The summed E-state index contributed by atoms with van der Waals surface area (Å²) in [5, 5.41) is 26.6. The van der Waals surface area contributed by atoms with Crippen molar-refractivity contribution in [2.75, 3.05) is 0 Å². The lowest BCUT2D eigenvalue weighted by atomic mass is 9.96. The van der Waals surface area contributed by atoms with Gasteiger partial charge in [0.05, 0.1) is 35.3 Å². The van der Waals surface area contributed by atoms with Gasteiger partial charge in [0, 0.05) is 0 Å². The predicted molar refractivity (Wildman–Crippen MR) is 53.3 cm³/mol. The maximum Gasteiger partial charge on any atom is 0.0998 e. The Balaban J connectivity index is 2.72. The van der Waals surface area contributed by atoms with Crippen molar-refractivity contribution in [1.82, 2.24) is 0 Å². The van der Waals surface area contributed by atoms with Crippen molar-refractivity contribution >= 4 is 6.08 Å². The van der Waals surface area contributed by atoms with Gasteiger partial charge in [-0.2, -0.15) is 15.8 Å². The van der Waals surface area contributed by atoms with E-state index in [0.29, 0.717) is 11.1 Å². The summed E-state index contributed by atoms with van der Waals surface area (Å²) in [7, 11) is 0. The van der Waals surface area contributed by atoms with Crippen LogP contribution in [0.25, 0.3) is 6.08 Å². The summed E-state index contributed by atoms with van der Waals surface area (Å²) in [6.45, 7) is 0. The zero-order chi connectivity index (χ0) is 10.8. The molecule has 15 heavy (non-hydrogen) atoms. The van der Waals surface area contributed by atoms with E-state index in [9.17, 15) is 0 Å². The lowest BCUT2D eigenvalue weighted by Gasteiger charge is -2.04. The fraction of sp³-hybridized carbons (Fsp3) is 0.0833. The molecule has 0 aliphatic heterocycles. The van der Waals surface area contributed by atoms with Gasteiger partial charge in [-0.05, 0) is 23.3 Å². The Bertz CT molecular complexity index is 577. The number of nitriles is 3. The summed E-state index contributed by atoms with van der Waals surface area (Å²) in [6, 6.07) is 9.36. The first-order valence-corrected chi connectivity index (χ1v) is 4.36. The fourth-order valence-corrected chi connectivity index (χ4v) is 1.68. The van der Waals surface area contributed by atoms with E-state index in [-0.39, 0.29) is 5.92 Å². The third-order valence-corrected chi connectivity index (χ3v) is 2.39. The topological polar surface area (TPSA) is 71.4 Å². The second-order valence-electron chi connectivity index (χ2n) is 3.22. The molecule has 0 saturated carbocycles. The van der Waals surface area contributed by atoms with E-state index in [2.05, 4.69) is 6.07 Å². The summed E-state index contributed by atoms with van der Waals surface area (Å²) < 4.78 is 0. The zero-order valence-corrected chi connectivity index (χ0v) is 7.73. The molecule has 1 unspecified atom stereocenters. The van der Waals surface area contributed by atoms with Crippen LogP contribution in [-0.4, -0.2) is 0 Å². The van der Waals surface area contributed by atoms with Crippen LogP contribution in [0.3, 0.4) is 0 Å². The van der Waals surface area contributed by atoms with Crippen molar-refractivity contribution in [2.45, 2.75) is 5.92 Å². The van der Waals surface area contributed by atoms with Gasteiger partial charge >= 0.3 is 0 Å². The fourth-order valence-electron chi connectivity index (χ4n) is 1.68. The Kier molecular flexibility index (Phi) is 1.98. The van der Waals surface area contributed by atoms with Crippen LogP contribution in [0.5, 0.6) is 0 Å². The first kappa shape index (κ1) is 9.00. The molecular weight excluding hydrogens is 186 g/mol. The van der Waals surface area contributed by atoms with Crippen molar-refractivity contribution in [3.8, 4) is 18.2 Å². The van der Waals surface area contributed by atoms with E-state index >= 15 is 0 Å². The number of nitrogens with zero attached hydrogens (tertiary/aromatic N) is 3. The maximum absolute atomic E-state index is 8.90. The van der Waals surface area contributed by atoms with Crippen molar-refractivity contribution in [2.24, 2.45) is 0 Å². The van der Waals surface area contributed by atoms with E-state index < -0.39 is 0 Å². The minimum Gasteiger partial charge on any atom is -0.197 e. The van der Waals surface area contributed by atoms with Gasteiger partial charge in [0.25, 0.3) is 0 Å². The molecule has 0 heterocycles. The number of hydrogen-bond donors (Lipinski definition) is 0. The molecule has 0 fully saturated rings. The Labute approximate surface area is 87.1 Å². The first-order valence-electron chi connectivity index (χ1n) is 4.36. The van der Waals surface area contributed by atoms with Gasteiger partial charge in [-0.1, -0.05) is 12.2 Å². The molecule has 0 aromatic heterocycles. The molecule has 1 atom stereocenters. The van der Waals surface area contributed by atoms with Gasteiger partial charge < -0.3 is 0 Å². The summed E-state index contributed by atoms with van der Waals surface area (Å²) in [4.78, 5) is 0. The molecule has 1 aliphatic carbocycles. The number of hydrogen-bond acceptors (Lipinski definition) is 3. The molecule has 2 rings (SSSR count). The van der Waals surface area contributed by atoms with Crippen LogP contribution in [0.4, 0.5) is 0 Å². The van der Waals surface area contributed by atoms with Gasteiger partial charge in [-0.3, -0.25) is 0 Å².